The molecule has 0 atom stereocenters. The van der Waals surface area contributed by atoms with Crippen molar-refractivity contribution in [1.29, 1.82) is 0 Å². The summed E-state index contributed by atoms with van der Waals surface area (Å²) in [5.41, 5.74) is 4.83. The van der Waals surface area contributed by atoms with Gasteiger partial charge < -0.3 is 4.74 Å². The topological polar surface area (TPSA) is 46.0 Å². The first-order valence-corrected chi connectivity index (χ1v) is 7.65. The number of ether oxygens (including phenoxy) is 1. The summed E-state index contributed by atoms with van der Waals surface area (Å²) in [5.74, 6) is 0.829. The minimum absolute atomic E-state index is 0.742. The average molecular weight is 299 g/mol. The van der Waals surface area contributed by atoms with E-state index in [0.29, 0.717) is 0 Å². The summed E-state index contributed by atoms with van der Waals surface area (Å²) in [7, 11) is 1.65. The number of hydrogen-bond acceptors (Lipinski definition) is 4. The number of amidine groups is 1. The lowest BCUT2D eigenvalue weighted by molar-refractivity contribution is 0.415. The smallest absolute Gasteiger partial charge is 0.182 e. The molecule has 2 aromatic rings. The number of benzene rings is 2. The van der Waals surface area contributed by atoms with Crippen LogP contribution in [0.15, 0.2) is 64.7 Å². The van der Waals surface area contributed by atoms with Gasteiger partial charge in [0.15, 0.2) is 5.17 Å². The van der Waals surface area contributed by atoms with Gasteiger partial charge in [0.1, 0.15) is 5.75 Å². The quantitative estimate of drug-likeness (QED) is 0.532. The van der Waals surface area contributed by atoms with Crippen LogP contribution in [0, 0.1) is 0 Å². The first-order valence-electron chi connectivity index (χ1n) is 6.42. The van der Waals surface area contributed by atoms with Crippen LogP contribution in [-0.2, 0) is 0 Å². The molecule has 0 aromatic heterocycles. The first-order chi connectivity index (χ1) is 10.3. The van der Waals surface area contributed by atoms with Crippen molar-refractivity contribution in [2.75, 3.05) is 13.4 Å². The van der Waals surface area contributed by atoms with Gasteiger partial charge in [0, 0.05) is 0 Å². The third-order valence-electron chi connectivity index (χ3n) is 2.67. The molecule has 0 heterocycles. The van der Waals surface area contributed by atoms with E-state index in [1.54, 1.807) is 13.3 Å². The predicted octanol–water partition coefficient (Wildman–Crippen LogP) is 3.67. The summed E-state index contributed by atoms with van der Waals surface area (Å²) < 4.78 is 5.11. The van der Waals surface area contributed by atoms with Gasteiger partial charge in [-0.1, -0.05) is 30.0 Å². The van der Waals surface area contributed by atoms with E-state index in [1.807, 2.05) is 60.9 Å². The van der Waals surface area contributed by atoms with E-state index in [-0.39, 0.29) is 0 Å². The van der Waals surface area contributed by atoms with E-state index >= 15 is 0 Å². The fourth-order valence-corrected chi connectivity index (χ4v) is 1.93. The Balaban J connectivity index is 1.99. The highest BCUT2D eigenvalue weighted by atomic mass is 32.2. The van der Waals surface area contributed by atoms with Crippen molar-refractivity contribution in [1.82, 2.24) is 5.43 Å². The van der Waals surface area contributed by atoms with Gasteiger partial charge in [0.25, 0.3) is 0 Å². The Hall–Kier alpha value is -2.27. The predicted molar refractivity (Wildman–Crippen MR) is 90.8 cm³/mol. The molecule has 2 rings (SSSR count). The van der Waals surface area contributed by atoms with Gasteiger partial charge in [0.05, 0.1) is 19.0 Å². The van der Waals surface area contributed by atoms with E-state index in [0.717, 1.165) is 22.2 Å². The molecule has 21 heavy (non-hydrogen) atoms. The summed E-state index contributed by atoms with van der Waals surface area (Å²) in [6.45, 7) is 0. The van der Waals surface area contributed by atoms with Crippen LogP contribution in [0.25, 0.3) is 0 Å². The molecule has 0 saturated carbocycles. The van der Waals surface area contributed by atoms with Gasteiger partial charge in [0.2, 0.25) is 0 Å². The summed E-state index contributed by atoms with van der Waals surface area (Å²) in [4.78, 5) is 4.47. The Labute approximate surface area is 128 Å². The van der Waals surface area contributed by atoms with Crippen LogP contribution in [-0.4, -0.2) is 24.7 Å². The second-order valence-electron chi connectivity index (χ2n) is 4.10. The Morgan fingerprint density at radius 1 is 1.10 bits per heavy atom. The zero-order chi connectivity index (χ0) is 14.9. The number of nitrogens with zero attached hydrogens (tertiary/aromatic N) is 2. The van der Waals surface area contributed by atoms with E-state index < -0.39 is 0 Å². The molecule has 2 aromatic carbocycles. The number of methoxy groups -OCH3 is 1. The third-order valence-corrected chi connectivity index (χ3v) is 3.24. The van der Waals surface area contributed by atoms with Crippen LogP contribution >= 0.6 is 11.8 Å². The van der Waals surface area contributed by atoms with Crippen molar-refractivity contribution in [3.05, 3.63) is 60.2 Å². The molecule has 4 nitrogen and oxygen atoms in total. The largest absolute Gasteiger partial charge is 0.497 e. The number of hydrazone groups is 1. The Morgan fingerprint density at radius 3 is 2.43 bits per heavy atom. The molecule has 0 radical (unpaired) electrons. The fraction of sp³-hybridized carbons (Fsp3) is 0.125. The van der Waals surface area contributed by atoms with Crippen molar-refractivity contribution in [2.24, 2.45) is 10.1 Å². The van der Waals surface area contributed by atoms with Crippen LogP contribution in [0.2, 0.25) is 0 Å². The molecule has 0 aliphatic heterocycles. The lowest BCUT2D eigenvalue weighted by Crippen LogP contribution is -2.13. The zero-order valence-corrected chi connectivity index (χ0v) is 12.8. The molecule has 0 fully saturated rings. The normalized spacial score (nSPS) is 11.6. The highest BCUT2D eigenvalue weighted by molar-refractivity contribution is 8.13. The SMILES string of the molecule is COc1ccc(/C=N/NC(=Nc2ccccc2)SC)cc1. The van der Waals surface area contributed by atoms with Crippen LogP contribution in [0.5, 0.6) is 5.75 Å². The van der Waals surface area contributed by atoms with E-state index in [9.17, 15) is 0 Å². The Bertz CT molecular complexity index is 609. The van der Waals surface area contributed by atoms with Gasteiger partial charge in [-0.25, -0.2) is 4.99 Å². The Morgan fingerprint density at radius 2 is 1.81 bits per heavy atom. The molecule has 0 unspecified atom stereocenters. The van der Waals surface area contributed by atoms with Gasteiger partial charge in [-0.05, 0) is 48.2 Å². The standard InChI is InChI=1S/C16H17N3OS/c1-20-15-10-8-13(9-11-15)12-17-19-16(21-2)18-14-6-4-3-5-7-14/h3-12H,1-2H3,(H,18,19)/b17-12+. The van der Waals surface area contributed by atoms with Crippen molar-refractivity contribution >= 4 is 28.8 Å². The lowest BCUT2D eigenvalue weighted by atomic mass is 10.2. The fourth-order valence-electron chi connectivity index (χ4n) is 1.59. The maximum Gasteiger partial charge on any atom is 0.182 e. The number of rotatable bonds is 4. The monoisotopic (exact) mass is 299 g/mol. The maximum absolute atomic E-state index is 5.11. The number of para-hydroxylation sites is 1. The molecule has 5 heteroatoms. The van der Waals surface area contributed by atoms with Crippen LogP contribution in [0.1, 0.15) is 5.56 Å². The summed E-state index contributed by atoms with van der Waals surface area (Å²) in [6.07, 6.45) is 3.70. The zero-order valence-electron chi connectivity index (χ0n) is 12.0. The summed E-state index contributed by atoms with van der Waals surface area (Å²) in [6, 6.07) is 17.5. The average Bonchev–Trinajstić information content (AvgIpc) is 2.55. The minimum Gasteiger partial charge on any atom is -0.497 e. The van der Waals surface area contributed by atoms with Gasteiger partial charge in [-0.2, -0.15) is 5.10 Å². The summed E-state index contributed by atoms with van der Waals surface area (Å²) in [5, 5.41) is 4.94. The number of aliphatic imine (C=N–C) groups is 1. The van der Waals surface area contributed by atoms with Crippen LogP contribution in [0.3, 0.4) is 0 Å². The number of hydrogen-bond donors (Lipinski definition) is 1. The Kier molecular flexibility index (Phi) is 5.84. The molecular weight excluding hydrogens is 282 g/mol. The number of thioether (sulfide) groups is 1. The summed E-state index contributed by atoms with van der Waals surface area (Å²) >= 11 is 1.51. The third kappa shape index (κ3) is 4.96. The van der Waals surface area contributed by atoms with E-state index in [2.05, 4.69) is 15.5 Å². The molecule has 0 amide bonds. The van der Waals surface area contributed by atoms with Crippen molar-refractivity contribution in [2.45, 2.75) is 0 Å². The molecule has 0 aliphatic carbocycles. The molecule has 0 aliphatic rings. The second-order valence-corrected chi connectivity index (χ2v) is 4.89. The van der Waals surface area contributed by atoms with Crippen LogP contribution < -0.4 is 10.2 Å². The van der Waals surface area contributed by atoms with Crippen molar-refractivity contribution in [3.8, 4) is 5.75 Å². The molecule has 0 saturated heterocycles. The molecule has 1 N–H and O–H groups in total. The number of nitrogens with one attached hydrogen (secondary N) is 1. The van der Waals surface area contributed by atoms with Crippen molar-refractivity contribution in [3.63, 3.8) is 0 Å². The molecule has 0 bridgehead atoms. The highest BCUT2D eigenvalue weighted by Gasteiger charge is 1.95. The van der Waals surface area contributed by atoms with Gasteiger partial charge in [-0.3, -0.25) is 5.43 Å². The minimum atomic E-state index is 0.742. The second kappa shape index (κ2) is 8.11. The van der Waals surface area contributed by atoms with E-state index in [4.69, 9.17) is 4.74 Å². The van der Waals surface area contributed by atoms with Gasteiger partial charge >= 0.3 is 0 Å². The van der Waals surface area contributed by atoms with Crippen molar-refractivity contribution < 1.29 is 4.74 Å². The van der Waals surface area contributed by atoms with Gasteiger partial charge in [-0.15, -0.1) is 0 Å². The van der Waals surface area contributed by atoms with E-state index in [1.165, 1.54) is 11.8 Å². The van der Waals surface area contributed by atoms with Crippen LogP contribution in [0.4, 0.5) is 5.69 Å². The maximum atomic E-state index is 5.11. The first kappa shape index (κ1) is 15.1. The lowest BCUT2D eigenvalue weighted by Gasteiger charge is -2.02. The molecule has 0 spiro atoms. The molecular formula is C16H17N3OS. The highest BCUT2D eigenvalue weighted by Crippen LogP contribution is 2.12. The molecule has 108 valence electrons.